The lowest BCUT2D eigenvalue weighted by Crippen LogP contribution is -2.54. The summed E-state index contributed by atoms with van der Waals surface area (Å²) in [5.74, 6) is -2.28. The summed E-state index contributed by atoms with van der Waals surface area (Å²) in [6, 6.07) is 18.5. The molecule has 2 N–H and O–H groups in total. The van der Waals surface area contributed by atoms with Gasteiger partial charge < -0.3 is 14.8 Å². The lowest BCUT2D eigenvalue weighted by molar-refractivity contribution is -0.122. The van der Waals surface area contributed by atoms with Crippen molar-refractivity contribution in [2.24, 2.45) is 0 Å². The fourth-order valence-electron chi connectivity index (χ4n) is 3.69. The number of nitrogens with zero attached hydrogens (tertiary/aromatic N) is 1. The third-order valence-corrected chi connectivity index (χ3v) is 5.49. The third kappa shape index (κ3) is 5.93. The highest BCUT2D eigenvalue weighted by Crippen LogP contribution is 2.24. The Kier molecular flexibility index (Phi) is 7.62. The number of anilines is 2. The van der Waals surface area contributed by atoms with E-state index in [9.17, 15) is 24.0 Å². The summed E-state index contributed by atoms with van der Waals surface area (Å²) in [4.78, 5) is 62.8. The zero-order valence-electron chi connectivity index (χ0n) is 20.5. The molecule has 1 aliphatic rings. The van der Waals surface area contributed by atoms with E-state index in [0.717, 1.165) is 10.5 Å². The number of esters is 1. The number of carbonyl (C=O) groups excluding carboxylic acids is 5. The number of barbiturate groups is 1. The number of urea groups is 1. The smallest absolute Gasteiger partial charge is 0.337 e. The van der Waals surface area contributed by atoms with Crippen molar-refractivity contribution in [2.75, 3.05) is 23.9 Å². The van der Waals surface area contributed by atoms with Crippen LogP contribution in [0, 0.1) is 6.92 Å². The normalized spacial score (nSPS) is 14.2. The van der Waals surface area contributed by atoms with Crippen LogP contribution in [-0.2, 0) is 19.1 Å². The van der Waals surface area contributed by atoms with Crippen LogP contribution in [0.2, 0.25) is 0 Å². The number of nitrogens with one attached hydrogen (secondary N) is 2. The number of hydrogen-bond acceptors (Lipinski definition) is 7. The van der Waals surface area contributed by atoms with Gasteiger partial charge in [0, 0.05) is 5.69 Å². The summed E-state index contributed by atoms with van der Waals surface area (Å²) in [5.41, 5.74) is 2.21. The molecular formula is C28H23N3O7. The van der Waals surface area contributed by atoms with Crippen LogP contribution in [0.15, 0.2) is 78.4 Å². The Balaban J connectivity index is 1.48. The van der Waals surface area contributed by atoms with E-state index in [0.29, 0.717) is 17.0 Å². The Morgan fingerprint density at radius 2 is 1.71 bits per heavy atom. The fraction of sp³-hybridized carbons (Fsp3) is 0.107. The molecule has 10 nitrogen and oxygen atoms in total. The van der Waals surface area contributed by atoms with Gasteiger partial charge in [-0.3, -0.25) is 19.7 Å². The molecule has 1 fully saturated rings. The van der Waals surface area contributed by atoms with Crippen LogP contribution in [0.25, 0.3) is 6.08 Å². The standard InChI is InChI=1S/C28H23N3O7/c1-17-5-3-7-20(13-17)29-24(32)16-38-22-8-4-6-18(14-22)15-23-25(33)30-28(36)31(26(23)34)21-11-9-19(10-12-21)27(35)37-2/h3-15H,16H2,1-2H3,(H,29,32)(H,30,33,36)/b23-15-. The molecule has 1 aliphatic heterocycles. The van der Waals surface area contributed by atoms with E-state index in [1.807, 2.05) is 25.1 Å². The van der Waals surface area contributed by atoms with Crippen molar-refractivity contribution in [3.8, 4) is 5.75 Å². The van der Waals surface area contributed by atoms with E-state index < -0.39 is 23.8 Å². The van der Waals surface area contributed by atoms with Gasteiger partial charge in [-0.25, -0.2) is 14.5 Å². The molecule has 38 heavy (non-hydrogen) atoms. The maximum Gasteiger partial charge on any atom is 0.337 e. The second-order valence-electron chi connectivity index (χ2n) is 8.28. The van der Waals surface area contributed by atoms with Crippen molar-refractivity contribution in [1.82, 2.24) is 5.32 Å². The first kappa shape index (κ1) is 25.8. The van der Waals surface area contributed by atoms with Crippen molar-refractivity contribution in [3.05, 3.63) is 95.1 Å². The van der Waals surface area contributed by atoms with Crippen LogP contribution in [0.4, 0.5) is 16.2 Å². The number of ether oxygens (including phenoxy) is 2. The van der Waals surface area contributed by atoms with E-state index in [-0.39, 0.29) is 29.3 Å². The average molecular weight is 514 g/mol. The topological polar surface area (TPSA) is 131 Å². The summed E-state index contributed by atoms with van der Waals surface area (Å²) in [6.07, 6.45) is 1.32. The fourth-order valence-corrected chi connectivity index (χ4v) is 3.69. The molecule has 1 saturated heterocycles. The SMILES string of the molecule is COC(=O)c1ccc(N2C(=O)NC(=O)/C(=C/c3cccc(OCC(=O)Nc4cccc(C)c4)c3)C2=O)cc1. The number of methoxy groups -OCH3 is 1. The lowest BCUT2D eigenvalue weighted by atomic mass is 10.1. The predicted octanol–water partition coefficient (Wildman–Crippen LogP) is 3.47. The van der Waals surface area contributed by atoms with Gasteiger partial charge in [0.25, 0.3) is 17.7 Å². The highest BCUT2D eigenvalue weighted by molar-refractivity contribution is 6.39. The number of aryl methyl sites for hydroxylation is 1. The first-order valence-electron chi connectivity index (χ1n) is 11.4. The number of imide groups is 2. The average Bonchev–Trinajstić information content (AvgIpc) is 2.90. The van der Waals surface area contributed by atoms with Crippen molar-refractivity contribution in [2.45, 2.75) is 6.92 Å². The van der Waals surface area contributed by atoms with Gasteiger partial charge in [0.2, 0.25) is 0 Å². The van der Waals surface area contributed by atoms with Gasteiger partial charge >= 0.3 is 12.0 Å². The number of hydrogen-bond donors (Lipinski definition) is 2. The molecule has 0 atom stereocenters. The Labute approximate surface area is 217 Å². The van der Waals surface area contributed by atoms with Gasteiger partial charge in [-0.2, -0.15) is 0 Å². The molecule has 4 rings (SSSR count). The van der Waals surface area contributed by atoms with Crippen LogP contribution in [-0.4, -0.2) is 43.4 Å². The summed E-state index contributed by atoms with van der Waals surface area (Å²) >= 11 is 0. The monoisotopic (exact) mass is 513 g/mol. The predicted molar refractivity (Wildman–Crippen MR) is 139 cm³/mol. The maximum absolute atomic E-state index is 13.1. The van der Waals surface area contributed by atoms with E-state index in [1.54, 1.807) is 30.3 Å². The zero-order chi connectivity index (χ0) is 27.2. The molecule has 10 heteroatoms. The molecule has 5 amide bonds. The number of rotatable bonds is 7. The van der Waals surface area contributed by atoms with E-state index in [2.05, 4.69) is 15.4 Å². The van der Waals surface area contributed by atoms with E-state index >= 15 is 0 Å². The highest BCUT2D eigenvalue weighted by atomic mass is 16.5. The molecule has 1 heterocycles. The van der Waals surface area contributed by atoms with Crippen LogP contribution in [0.5, 0.6) is 5.75 Å². The second-order valence-corrected chi connectivity index (χ2v) is 8.28. The molecule has 3 aromatic carbocycles. The van der Waals surface area contributed by atoms with Crippen LogP contribution < -0.4 is 20.3 Å². The molecule has 0 spiro atoms. The van der Waals surface area contributed by atoms with Crippen molar-refractivity contribution >= 4 is 47.2 Å². The molecule has 0 bridgehead atoms. The molecule has 0 saturated carbocycles. The molecule has 192 valence electrons. The summed E-state index contributed by atoms with van der Waals surface area (Å²) in [7, 11) is 1.24. The van der Waals surface area contributed by atoms with E-state index in [4.69, 9.17) is 4.74 Å². The highest BCUT2D eigenvalue weighted by Gasteiger charge is 2.36. The summed E-state index contributed by atoms with van der Waals surface area (Å²) < 4.78 is 10.2. The Hall–Kier alpha value is -5.25. The molecular weight excluding hydrogens is 490 g/mol. The van der Waals surface area contributed by atoms with Crippen LogP contribution in [0.3, 0.4) is 0 Å². The molecule has 0 radical (unpaired) electrons. The number of benzene rings is 3. The quantitative estimate of drug-likeness (QED) is 0.281. The second kappa shape index (κ2) is 11.2. The maximum atomic E-state index is 13.1. The Bertz CT molecular complexity index is 1460. The third-order valence-electron chi connectivity index (χ3n) is 5.49. The van der Waals surface area contributed by atoms with Gasteiger partial charge in [-0.15, -0.1) is 0 Å². The molecule has 0 unspecified atom stereocenters. The van der Waals surface area contributed by atoms with Crippen LogP contribution in [0.1, 0.15) is 21.5 Å². The molecule has 0 aliphatic carbocycles. The minimum absolute atomic E-state index is 0.162. The summed E-state index contributed by atoms with van der Waals surface area (Å²) in [5, 5.41) is 4.89. The van der Waals surface area contributed by atoms with Crippen LogP contribution >= 0.6 is 0 Å². The van der Waals surface area contributed by atoms with Crippen molar-refractivity contribution in [1.29, 1.82) is 0 Å². The Morgan fingerprint density at radius 3 is 2.42 bits per heavy atom. The minimum atomic E-state index is -0.917. The lowest BCUT2D eigenvalue weighted by Gasteiger charge is -2.26. The van der Waals surface area contributed by atoms with Gasteiger partial charge in [0.15, 0.2) is 6.61 Å². The molecule has 0 aromatic heterocycles. The van der Waals surface area contributed by atoms with E-state index in [1.165, 1.54) is 37.5 Å². The van der Waals surface area contributed by atoms with Crippen molar-refractivity contribution in [3.63, 3.8) is 0 Å². The largest absolute Gasteiger partial charge is 0.484 e. The van der Waals surface area contributed by atoms with Gasteiger partial charge in [0.1, 0.15) is 11.3 Å². The summed E-state index contributed by atoms with van der Waals surface area (Å²) in [6.45, 7) is 1.66. The number of amides is 5. The van der Waals surface area contributed by atoms with Gasteiger partial charge in [0.05, 0.1) is 18.4 Å². The zero-order valence-corrected chi connectivity index (χ0v) is 20.5. The first-order chi connectivity index (χ1) is 18.2. The Morgan fingerprint density at radius 1 is 0.974 bits per heavy atom. The number of carbonyl (C=O) groups is 5. The molecule has 3 aromatic rings. The first-order valence-corrected chi connectivity index (χ1v) is 11.4. The minimum Gasteiger partial charge on any atom is -0.484 e. The van der Waals surface area contributed by atoms with Gasteiger partial charge in [-0.05, 0) is 72.7 Å². The van der Waals surface area contributed by atoms with Gasteiger partial charge in [-0.1, -0.05) is 24.3 Å². The van der Waals surface area contributed by atoms with Crippen molar-refractivity contribution < 1.29 is 33.4 Å².